The van der Waals surface area contributed by atoms with Crippen LogP contribution in [-0.2, 0) is 0 Å². The summed E-state index contributed by atoms with van der Waals surface area (Å²) in [6.45, 7) is 4.45. The van der Waals surface area contributed by atoms with Gasteiger partial charge in [-0.3, -0.25) is 0 Å². The van der Waals surface area contributed by atoms with Crippen molar-refractivity contribution in [3.8, 4) is 0 Å². The lowest BCUT2D eigenvalue weighted by molar-refractivity contribution is 0.779. The summed E-state index contributed by atoms with van der Waals surface area (Å²) in [5, 5.41) is 2.22. The van der Waals surface area contributed by atoms with Gasteiger partial charge in [-0.05, 0) is 58.7 Å². The quantitative estimate of drug-likeness (QED) is 0.278. The number of unbranched alkanes of at least 4 members (excludes halogenated alkanes) is 3. The van der Waals surface area contributed by atoms with Gasteiger partial charge >= 0.3 is 0 Å². The molecule has 0 atom stereocenters. The number of nitrogens with zero attached hydrogens (tertiary/aromatic N) is 2. The van der Waals surface area contributed by atoms with Gasteiger partial charge in [-0.1, -0.05) is 66.8 Å². The minimum Gasteiger partial charge on any atom is -0.249 e. The van der Waals surface area contributed by atoms with E-state index in [9.17, 15) is 0 Å². The van der Waals surface area contributed by atoms with Crippen LogP contribution in [0.5, 0.6) is 0 Å². The molecule has 2 aromatic rings. The van der Waals surface area contributed by atoms with Gasteiger partial charge in [0.15, 0.2) is 0 Å². The molecule has 2 heterocycles. The summed E-state index contributed by atoms with van der Waals surface area (Å²) >= 11 is 0. The molecule has 6 heteroatoms. The molecule has 0 aliphatic carbocycles. The average Bonchev–Trinajstić information content (AvgIpc) is 2.67. The second-order valence-corrected chi connectivity index (χ2v) is 10.1. The Labute approximate surface area is 169 Å². The van der Waals surface area contributed by atoms with Gasteiger partial charge in [0.2, 0.25) is 0 Å². The molecule has 0 saturated carbocycles. The number of hydrogen-bond acceptors (Lipinski definition) is 6. The Bertz CT molecular complexity index is 511. The zero-order valence-corrected chi connectivity index (χ0v) is 18.4. The van der Waals surface area contributed by atoms with Crippen LogP contribution in [0.4, 0.5) is 0 Å². The Balaban J connectivity index is 0.000000251. The molecule has 25 heavy (non-hydrogen) atoms. The molecule has 0 aliphatic rings. The van der Waals surface area contributed by atoms with Gasteiger partial charge in [0, 0.05) is 23.9 Å². The van der Waals surface area contributed by atoms with Gasteiger partial charge in [-0.15, -0.1) is 0 Å². The summed E-state index contributed by atoms with van der Waals surface area (Å²) in [6.07, 6.45) is 10.2. The maximum absolute atomic E-state index is 4.24. The van der Waals surface area contributed by atoms with Crippen molar-refractivity contribution in [2.75, 3.05) is 11.5 Å². The van der Waals surface area contributed by atoms with Crippen molar-refractivity contribution in [3.05, 3.63) is 48.8 Å². The first-order chi connectivity index (χ1) is 12.4. The first-order valence-corrected chi connectivity index (χ1v) is 13.4. The van der Waals surface area contributed by atoms with Gasteiger partial charge in [0.1, 0.15) is 10.1 Å². The molecular weight excluding hydrogens is 384 g/mol. The highest BCUT2D eigenvalue weighted by atomic mass is 33.1. The molecule has 0 aromatic carbocycles. The third-order valence-corrected chi connectivity index (χ3v) is 7.68. The van der Waals surface area contributed by atoms with E-state index in [-0.39, 0.29) is 0 Å². The second-order valence-electron chi connectivity index (χ2n) is 5.21. The Kier molecular flexibility index (Phi) is 15.6. The fraction of sp³-hybridized carbons (Fsp3) is 0.474. The molecule has 0 saturated heterocycles. The molecule has 2 rings (SSSR count). The molecule has 138 valence electrons. The van der Waals surface area contributed by atoms with E-state index in [1.165, 1.54) is 43.6 Å². The third-order valence-electron chi connectivity index (χ3n) is 2.98. The van der Waals surface area contributed by atoms with Gasteiger partial charge in [-0.2, -0.15) is 0 Å². The predicted octanol–water partition coefficient (Wildman–Crippen LogP) is 7.63. The van der Waals surface area contributed by atoms with E-state index in [4.69, 9.17) is 0 Å². The van der Waals surface area contributed by atoms with E-state index in [1.54, 1.807) is 21.6 Å². The van der Waals surface area contributed by atoms with Crippen LogP contribution in [-0.4, -0.2) is 21.5 Å². The van der Waals surface area contributed by atoms with Crippen molar-refractivity contribution in [2.24, 2.45) is 0 Å². The summed E-state index contributed by atoms with van der Waals surface area (Å²) in [6, 6.07) is 12.0. The third kappa shape index (κ3) is 13.5. The topological polar surface area (TPSA) is 25.8 Å². The van der Waals surface area contributed by atoms with E-state index in [1.807, 2.05) is 64.3 Å². The number of hydrogen-bond donors (Lipinski definition) is 0. The molecule has 0 fully saturated rings. The lowest BCUT2D eigenvalue weighted by Gasteiger charge is -1.98. The standard InChI is InChI=1S/C10H15NS2.C9H13NS2/c1-2-3-6-9-12-13-10-7-4-5-8-11-10;1-2-3-8-11-12-9-6-4-5-7-10-9/h4-5,7-8H,2-3,6,9H2,1H3;4-7H,2-3,8H2,1H3. The fourth-order valence-corrected chi connectivity index (χ4v) is 5.75. The summed E-state index contributed by atoms with van der Waals surface area (Å²) in [5.74, 6) is 2.45. The fourth-order valence-electron chi connectivity index (χ4n) is 1.61. The summed E-state index contributed by atoms with van der Waals surface area (Å²) < 4.78 is 0. The molecule has 2 nitrogen and oxygen atoms in total. The smallest absolute Gasteiger partial charge is 0.106 e. The molecule has 0 unspecified atom stereocenters. The highest BCUT2D eigenvalue weighted by molar-refractivity contribution is 8.77. The largest absolute Gasteiger partial charge is 0.249 e. The monoisotopic (exact) mass is 412 g/mol. The molecule has 2 aromatic heterocycles. The van der Waals surface area contributed by atoms with Crippen molar-refractivity contribution in [3.63, 3.8) is 0 Å². The summed E-state index contributed by atoms with van der Waals surface area (Å²) in [4.78, 5) is 8.46. The Morgan fingerprint density at radius 1 is 0.680 bits per heavy atom. The summed E-state index contributed by atoms with van der Waals surface area (Å²) in [7, 11) is 7.33. The highest BCUT2D eigenvalue weighted by Gasteiger charge is 1.94. The molecule has 0 aliphatic heterocycles. The average molecular weight is 413 g/mol. The van der Waals surface area contributed by atoms with Crippen LogP contribution in [0.3, 0.4) is 0 Å². The minimum atomic E-state index is 1.11. The van der Waals surface area contributed by atoms with Crippen LogP contribution in [0, 0.1) is 0 Å². The normalized spacial score (nSPS) is 10.2. The predicted molar refractivity (Wildman–Crippen MR) is 120 cm³/mol. The van der Waals surface area contributed by atoms with Crippen LogP contribution < -0.4 is 0 Å². The van der Waals surface area contributed by atoms with Crippen LogP contribution in [0.1, 0.15) is 46.0 Å². The van der Waals surface area contributed by atoms with Crippen molar-refractivity contribution in [1.82, 2.24) is 9.97 Å². The van der Waals surface area contributed by atoms with Crippen molar-refractivity contribution in [2.45, 2.75) is 56.0 Å². The first-order valence-electron chi connectivity index (χ1n) is 8.77. The number of pyridine rings is 2. The van der Waals surface area contributed by atoms with Crippen LogP contribution in [0.15, 0.2) is 58.8 Å². The second kappa shape index (κ2) is 17.1. The van der Waals surface area contributed by atoms with E-state index in [0.717, 1.165) is 10.1 Å². The first kappa shape index (κ1) is 22.7. The van der Waals surface area contributed by atoms with Crippen molar-refractivity contribution >= 4 is 43.2 Å². The van der Waals surface area contributed by atoms with Crippen LogP contribution >= 0.6 is 43.2 Å². The summed E-state index contributed by atoms with van der Waals surface area (Å²) in [5.41, 5.74) is 0. The molecule has 0 N–H and O–H groups in total. The maximum atomic E-state index is 4.24. The Hall–Kier alpha value is -0.300. The lowest BCUT2D eigenvalue weighted by Crippen LogP contribution is -1.77. The molecule has 0 bridgehead atoms. The zero-order valence-electron chi connectivity index (χ0n) is 15.1. The van der Waals surface area contributed by atoms with Gasteiger partial charge in [-0.25, -0.2) is 9.97 Å². The minimum absolute atomic E-state index is 1.11. The lowest BCUT2D eigenvalue weighted by atomic mass is 10.3. The molecule has 0 radical (unpaired) electrons. The van der Waals surface area contributed by atoms with Crippen LogP contribution in [0.25, 0.3) is 0 Å². The number of aromatic nitrogens is 2. The van der Waals surface area contributed by atoms with Gasteiger partial charge < -0.3 is 0 Å². The Morgan fingerprint density at radius 2 is 1.20 bits per heavy atom. The SMILES string of the molecule is CCCCCSSc1ccccn1.CCCCSSc1ccccn1. The highest BCUT2D eigenvalue weighted by Crippen LogP contribution is 2.30. The van der Waals surface area contributed by atoms with Gasteiger partial charge in [0.25, 0.3) is 0 Å². The van der Waals surface area contributed by atoms with E-state index >= 15 is 0 Å². The molecule has 0 spiro atoms. The molecule has 0 amide bonds. The van der Waals surface area contributed by atoms with E-state index in [2.05, 4.69) is 29.9 Å². The van der Waals surface area contributed by atoms with Crippen molar-refractivity contribution < 1.29 is 0 Å². The zero-order chi connectivity index (χ0) is 18.0. The van der Waals surface area contributed by atoms with E-state index < -0.39 is 0 Å². The van der Waals surface area contributed by atoms with E-state index in [0.29, 0.717) is 0 Å². The van der Waals surface area contributed by atoms with Gasteiger partial charge in [0.05, 0.1) is 0 Å². The molecular formula is C19H28N2S4. The Morgan fingerprint density at radius 3 is 1.64 bits per heavy atom. The maximum Gasteiger partial charge on any atom is 0.106 e. The number of rotatable bonds is 11. The van der Waals surface area contributed by atoms with Crippen molar-refractivity contribution in [1.29, 1.82) is 0 Å². The van der Waals surface area contributed by atoms with Crippen LogP contribution in [0.2, 0.25) is 0 Å².